The minimum absolute atomic E-state index is 0.186. The quantitative estimate of drug-likeness (QED) is 0.648. The summed E-state index contributed by atoms with van der Waals surface area (Å²) in [6.45, 7) is 0.200. The van der Waals surface area contributed by atoms with Crippen LogP contribution in [0.3, 0.4) is 0 Å². The molecule has 6 heteroatoms. The number of hydrogen-bond acceptors (Lipinski definition) is 4. The molecule has 0 spiro atoms. The number of nitrogens with one attached hydrogen (secondary N) is 1. The minimum Gasteiger partial charge on any atom is -0.480 e. The Balaban J connectivity index is 1.90. The fourth-order valence-corrected chi connectivity index (χ4v) is 3.24. The summed E-state index contributed by atoms with van der Waals surface area (Å²) < 4.78 is 0. The normalized spacial score (nSPS) is 11.8. The zero-order chi connectivity index (χ0) is 17.4. The van der Waals surface area contributed by atoms with Crippen molar-refractivity contribution in [1.82, 2.24) is 5.32 Å². The molecular formula is C18H19NO4S. The van der Waals surface area contributed by atoms with Crippen molar-refractivity contribution < 1.29 is 19.8 Å². The topological polar surface area (TPSA) is 86.6 Å². The van der Waals surface area contributed by atoms with Crippen molar-refractivity contribution in [2.75, 3.05) is 5.75 Å². The van der Waals surface area contributed by atoms with E-state index in [-0.39, 0.29) is 12.1 Å². The van der Waals surface area contributed by atoms with E-state index in [0.29, 0.717) is 11.3 Å². The molecule has 1 unspecified atom stereocenters. The molecule has 0 fully saturated rings. The zero-order valence-corrected chi connectivity index (χ0v) is 13.8. The van der Waals surface area contributed by atoms with Gasteiger partial charge in [0.2, 0.25) is 0 Å². The monoisotopic (exact) mass is 345 g/mol. The van der Waals surface area contributed by atoms with Crippen LogP contribution in [0.25, 0.3) is 0 Å². The maximum absolute atomic E-state index is 11.4. The molecule has 126 valence electrons. The van der Waals surface area contributed by atoms with Crippen LogP contribution in [-0.4, -0.2) is 33.9 Å². The van der Waals surface area contributed by atoms with Gasteiger partial charge in [0.15, 0.2) is 0 Å². The van der Waals surface area contributed by atoms with Gasteiger partial charge in [0, 0.05) is 18.1 Å². The Labute approximate surface area is 144 Å². The van der Waals surface area contributed by atoms with Crippen molar-refractivity contribution in [3.63, 3.8) is 0 Å². The summed E-state index contributed by atoms with van der Waals surface area (Å²) in [7, 11) is 0. The fourth-order valence-electron chi connectivity index (χ4n) is 2.20. The summed E-state index contributed by atoms with van der Waals surface area (Å²) in [6.07, 6.45) is 0. The van der Waals surface area contributed by atoms with Crippen molar-refractivity contribution in [1.29, 1.82) is 0 Å². The van der Waals surface area contributed by atoms with E-state index in [2.05, 4.69) is 5.32 Å². The molecule has 0 aliphatic carbocycles. The van der Waals surface area contributed by atoms with E-state index in [1.165, 1.54) is 17.8 Å². The molecule has 0 heterocycles. The van der Waals surface area contributed by atoms with E-state index >= 15 is 0 Å². The van der Waals surface area contributed by atoms with Crippen LogP contribution in [0.1, 0.15) is 21.5 Å². The molecule has 0 aromatic heterocycles. The molecule has 5 nitrogen and oxygen atoms in total. The number of benzene rings is 2. The van der Waals surface area contributed by atoms with Gasteiger partial charge in [-0.2, -0.15) is 11.8 Å². The van der Waals surface area contributed by atoms with E-state index in [1.807, 2.05) is 30.3 Å². The molecule has 3 N–H and O–H groups in total. The summed E-state index contributed by atoms with van der Waals surface area (Å²) in [5, 5.41) is 21.4. The Morgan fingerprint density at radius 2 is 1.67 bits per heavy atom. The molecule has 0 saturated heterocycles. The van der Waals surface area contributed by atoms with Crippen molar-refractivity contribution in [2.45, 2.75) is 18.3 Å². The Morgan fingerprint density at radius 3 is 2.33 bits per heavy atom. The third-order valence-electron chi connectivity index (χ3n) is 3.48. The lowest BCUT2D eigenvalue weighted by Crippen LogP contribution is -2.38. The highest BCUT2D eigenvalue weighted by Crippen LogP contribution is 2.14. The Bertz CT molecular complexity index is 690. The predicted molar refractivity (Wildman–Crippen MR) is 94.3 cm³/mol. The van der Waals surface area contributed by atoms with Crippen molar-refractivity contribution in [3.05, 3.63) is 71.3 Å². The van der Waals surface area contributed by atoms with Gasteiger partial charge in [0.05, 0.1) is 5.56 Å². The highest BCUT2D eigenvalue weighted by molar-refractivity contribution is 7.98. The molecule has 1 atom stereocenters. The smallest absolute Gasteiger partial charge is 0.336 e. The zero-order valence-electron chi connectivity index (χ0n) is 13.0. The second-order valence-corrected chi connectivity index (χ2v) is 6.27. The van der Waals surface area contributed by atoms with E-state index in [0.717, 1.165) is 11.3 Å². The van der Waals surface area contributed by atoms with Crippen LogP contribution in [0.5, 0.6) is 0 Å². The number of hydrogen-bond donors (Lipinski definition) is 3. The van der Waals surface area contributed by atoms with Gasteiger partial charge in [-0.1, -0.05) is 48.5 Å². The second-order valence-electron chi connectivity index (χ2n) is 5.23. The predicted octanol–water partition coefficient (Wildman–Crippen LogP) is 2.86. The molecule has 0 aliphatic rings. The van der Waals surface area contributed by atoms with Gasteiger partial charge in [0.25, 0.3) is 0 Å². The van der Waals surface area contributed by atoms with Crippen LogP contribution in [0.4, 0.5) is 0 Å². The molecule has 0 aliphatic heterocycles. The largest absolute Gasteiger partial charge is 0.480 e. The average Bonchev–Trinajstić information content (AvgIpc) is 2.58. The first-order chi connectivity index (χ1) is 11.6. The average molecular weight is 345 g/mol. The highest BCUT2D eigenvalue weighted by Gasteiger charge is 2.18. The first-order valence-electron chi connectivity index (χ1n) is 7.47. The summed E-state index contributed by atoms with van der Waals surface area (Å²) in [4.78, 5) is 22.6. The molecular weight excluding hydrogens is 326 g/mol. The SMILES string of the molecule is O=C(O)c1ccccc1CNC(CSCc1ccccc1)C(=O)O. The van der Waals surface area contributed by atoms with Gasteiger partial charge < -0.3 is 10.2 Å². The Kier molecular flexibility index (Phi) is 6.84. The third-order valence-corrected chi connectivity index (χ3v) is 4.59. The van der Waals surface area contributed by atoms with E-state index in [9.17, 15) is 14.7 Å². The molecule has 0 saturated carbocycles. The first-order valence-corrected chi connectivity index (χ1v) is 8.62. The van der Waals surface area contributed by atoms with Gasteiger partial charge in [-0.3, -0.25) is 10.1 Å². The maximum Gasteiger partial charge on any atom is 0.336 e. The van der Waals surface area contributed by atoms with Crippen LogP contribution < -0.4 is 5.32 Å². The standard InChI is InChI=1S/C18H19NO4S/c20-17(21)15-9-5-4-8-14(15)10-19-16(18(22)23)12-24-11-13-6-2-1-3-7-13/h1-9,16,19H,10-12H2,(H,20,21)(H,22,23). The van der Waals surface area contributed by atoms with Gasteiger partial charge >= 0.3 is 11.9 Å². The van der Waals surface area contributed by atoms with Gasteiger partial charge in [0.1, 0.15) is 6.04 Å². The van der Waals surface area contributed by atoms with Crippen LogP contribution in [0.15, 0.2) is 54.6 Å². The lowest BCUT2D eigenvalue weighted by Gasteiger charge is -2.15. The van der Waals surface area contributed by atoms with E-state index in [1.54, 1.807) is 18.2 Å². The summed E-state index contributed by atoms with van der Waals surface area (Å²) in [5.41, 5.74) is 1.90. The Hall–Kier alpha value is -2.31. The van der Waals surface area contributed by atoms with Crippen molar-refractivity contribution in [2.24, 2.45) is 0 Å². The number of carboxylic acids is 2. The van der Waals surface area contributed by atoms with Gasteiger partial charge in [-0.25, -0.2) is 4.79 Å². The van der Waals surface area contributed by atoms with Crippen LogP contribution in [-0.2, 0) is 17.1 Å². The lowest BCUT2D eigenvalue weighted by molar-refractivity contribution is -0.138. The number of carboxylic acid groups (broad SMARTS) is 2. The second kappa shape index (κ2) is 9.10. The highest BCUT2D eigenvalue weighted by atomic mass is 32.2. The summed E-state index contributed by atoms with van der Waals surface area (Å²) >= 11 is 1.53. The number of rotatable bonds is 9. The third kappa shape index (κ3) is 5.40. The fraction of sp³-hybridized carbons (Fsp3) is 0.222. The van der Waals surface area contributed by atoms with Crippen molar-refractivity contribution in [3.8, 4) is 0 Å². The van der Waals surface area contributed by atoms with Crippen molar-refractivity contribution >= 4 is 23.7 Å². The molecule has 0 amide bonds. The number of aromatic carboxylic acids is 1. The van der Waals surface area contributed by atoms with Crippen LogP contribution in [0.2, 0.25) is 0 Å². The molecule has 0 radical (unpaired) electrons. The van der Waals surface area contributed by atoms with Crippen LogP contribution >= 0.6 is 11.8 Å². The van der Waals surface area contributed by atoms with Gasteiger partial charge in [-0.15, -0.1) is 0 Å². The number of carbonyl (C=O) groups is 2. The minimum atomic E-state index is -1.02. The van der Waals surface area contributed by atoms with Crippen LogP contribution in [0, 0.1) is 0 Å². The summed E-state index contributed by atoms with van der Waals surface area (Å²) in [6, 6.07) is 15.7. The molecule has 24 heavy (non-hydrogen) atoms. The maximum atomic E-state index is 11.4. The first kappa shape index (κ1) is 18.0. The summed E-state index contributed by atoms with van der Waals surface area (Å²) in [5.74, 6) is -0.821. The molecule has 0 bridgehead atoms. The number of thioether (sulfide) groups is 1. The molecule has 2 rings (SSSR count). The van der Waals surface area contributed by atoms with E-state index < -0.39 is 18.0 Å². The molecule has 2 aromatic rings. The number of aliphatic carboxylic acids is 1. The Morgan fingerprint density at radius 1 is 1.00 bits per heavy atom. The van der Waals surface area contributed by atoms with Gasteiger partial charge in [-0.05, 0) is 17.2 Å². The lowest BCUT2D eigenvalue weighted by atomic mass is 10.1. The molecule has 2 aromatic carbocycles. The van der Waals surface area contributed by atoms with E-state index in [4.69, 9.17) is 5.11 Å².